The Hall–Kier alpha value is -1.94. The summed E-state index contributed by atoms with van der Waals surface area (Å²) in [6.45, 7) is 4.49. The Morgan fingerprint density at radius 2 is 1.81 bits per heavy atom. The third-order valence-electron chi connectivity index (χ3n) is 3.67. The molecule has 4 nitrogen and oxygen atoms in total. The van der Waals surface area contributed by atoms with Gasteiger partial charge >= 0.3 is 0 Å². The number of fused-ring (bicyclic) bond motifs is 3. The van der Waals surface area contributed by atoms with Gasteiger partial charge in [0.15, 0.2) is 0 Å². The lowest BCUT2D eigenvalue weighted by Crippen LogP contribution is -2.24. The van der Waals surface area contributed by atoms with E-state index in [-0.39, 0.29) is 5.92 Å². The third-order valence-corrected chi connectivity index (χ3v) is 3.84. The van der Waals surface area contributed by atoms with Crippen molar-refractivity contribution < 1.29 is 9.59 Å². The average Bonchev–Trinajstić information content (AvgIpc) is 2.85. The zero-order chi connectivity index (χ0) is 15.1. The molecule has 0 bridgehead atoms. The molecule has 1 aliphatic rings. The van der Waals surface area contributed by atoms with Crippen LogP contribution in [0.3, 0.4) is 0 Å². The van der Waals surface area contributed by atoms with Gasteiger partial charge in [-0.15, -0.1) is 11.6 Å². The van der Waals surface area contributed by atoms with Crippen LogP contribution in [0, 0.1) is 0 Å². The number of Topliss-reactive ketones (excluding diaryl/α,β-unsaturated/α-hetero) is 2. The first-order chi connectivity index (χ1) is 10.1. The maximum Gasteiger partial charge on any atom is 0.252 e. The fourth-order valence-corrected chi connectivity index (χ4v) is 2.93. The minimum Gasteiger partial charge on any atom is -0.323 e. The molecule has 1 aromatic heterocycles. The van der Waals surface area contributed by atoms with Crippen molar-refractivity contribution in [3.63, 3.8) is 0 Å². The van der Waals surface area contributed by atoms with Gasteiger partial charge in [0.25, 0.3) is 5.78 Å². The molecule has 0 saturated carbocycles. The normalized spacial score (nSPS) is 13.5. The van der Waals surface area contributed by atoms with Gasteiger partial charge in [-0.2, -0.15) is 0 Å². The molecule has 5 heteroatoms. The van der Waals surface area contributed by atoms with Gasteiger partial charge in [-0.25, -0.2) is 4.98 Å². The van der Waals surface area contributed by atoms with E-state index in [9.17, 15) is 9.59 Å². The van der Waals surface area contributed by atoms with Gasteiger partial charge in [0.1, 0.15) is 17.2 Å². The minimum atomic E-state index is -0.492. The first-order valence-electron chi connectivity index (χ1n) is 6.91. The van der Waals surface area contributed by atoms with Gasteiger partial charge in [-0.3, -0.25) is 9.59 Å². The van der Waals surface area contributed by atoms with Crippen LogP contribution in [0.1, 0.15) is 46.4 Å². The maximum absolute atomic E-state index is 12.5. The van der Waals surface area contributed by atoms with Crippen LogP contribution < -0.4 is 0 Å². The monoisotopic (exact) mass is 302 g/mol. The van der Waals surface area contributed by atoms with Crippen molar-refractivity contribution in [3.05, 3.63) is 41.3 Å². The van der Waals surface area contributed by atoms with Gasteiger partial charge in [0.05, 0.1) is 0 Å². The minimum absolute atomic E-state index is 0.147. The molecule has 21 heavy (non-hydrogen) atoms. The number of rotatable bonds is 3. The van der Waals surface area contributed by atoms with E-state index in [1.807, 2.05) is 26.0 Å². The lowest BCUT2D eigenvalue weighted by molar-refractivity contribution is 0.0809. The van der Waals surface area contributed by atoms with Crippen LogP contribution in [0.25, 0.3) is 11.3 Å². The Bertz CT molecular complexity index is 747. The fraction of sp³-hybridized carbons (Fsp3) is 0.312. The van der Waals surface area contributed by atoms with E-state index in [0.717, 1.165) is 11.4 Å². The number of alkyl halides is 1. The highest BCUT2D eigenvalue weighted by atomic mass is 35.5. The summed E-state index contributed by atoms with van der Waals surface area (Å²) in [7, 11) is 0. The molecule has 3 rings (SSSR count). The summed E-state index contributed by atoms with van der Waals surface area (Å²) in [6.07, 6.45) is 0. The average molecular weight is 303 g/mol. The zero-order valence-corrected chi connectivity index (χ0v) is 12.6. The third kappa shape index (κ3) is 2.02. The summed E-state index contributed by atoms with van der Waals surface area (Å²) in [6, 6.07) is 7.12. The second kappa shape index (κ2) is 5.11. The molecule has 0 saturated heterocycles. The lowest BCUT2D eigenvalue weighted by Gasteiger charge is -2.16. The fourth-order valence-electron chi connectivity index (χ4n) is 2.76. The molecule has 1 aliphatic carbocycles. The van der Waals surface area contributed by atoms with E-state index in [4.69, 9.17) is 11.6 Å². The zero-order valence-electron chi connectivity index (χ0n) is 11.9. The van der Waals surface area contributed by atoms with E-state index in [0.29, 0.717) is 29.4 Å². The Balaban J connectivity index is 2.33. The number of carbonyl (C=O) groups is 2. The molecule has 2 aromatic rings. The van der Waals surface area contributed by atoms with Gasteiger partial charge in [-0.1, -0.05) is 38.1 Å². The van der Waals surface area contributed by atoms with Gasteiger partial charge in [0.2, 0.25) is 5.78 Å². The van der Waals surface area contributed by atoms with Crippen LogP contribution in [0.2, 0.25) is 0 Å². The number of ketones is 2. The molecule has 0 radical (unpaired) electrons. The van der Waals surface area contributed by atoms with Gasteiger partial charge in [-0.05, 0) is 0 Å². The predicted molar refractivity (Wildman–Crippen MR) is 81.1 cm³/mol. The van der Waals surface area contributed by atoms with Crippen LogP contribution in [-0.2, 0) is 6.54 Å². The van der Waals surface area contributed by atoms with Crippen LogP contribution in [0.15, 0.2) is 24.3 Å². The molecule has 0 N–H and O–H groups in total. The number of hydrogen-bond donors (Lipinski definition) is 0. The Labute approximate surface area is 127 Å². The van der Waals surface area contributed by atoms with E-state index in [1.54, 1.807) is 16.7 Å². The maximum atomic E-state index is 12.5. The summed E-state index contributed by atoms with van der Waals surface area (Å²) in [5, 5.41) is 0. The predicted octanol–water partition coefficient (Wildman–Crippen LogP) is 3.29. The SMILES string of the molecule is CC(C)c1nc2c(n1CCCl)C(=O)C(=O)c1ccccc1-2. The largest absolute Gasteiger partial charge is 0.323 e. The molecule has 0 amide bonds. The standard InChI is InChI=1S/C16H15ClN2O2/c1-9(2)16-18-12-10-5-3-4-6-11(10)14(20)15(21)13(12)19(16)8-7-17/h3-6,9H,7-8H2,1-2H3. The van der Waals surface area contributed by atoms with Crippen molar-refractivity contribution in [2.24, 2.45) is 0 Å². The van der Waals surface area contributed by atoms with Crippen LogP contribution in [0.5, 0.6) is 0 Å². The Kier molecular flexibility index (Phi) is 3.41. The molecule has 0 aliphatic heterocycles. The quantitative estimate of drug-likeness (QED) is 0.646. The number of aromatic nitrogens is 2. The van der Waals surface area contributed by atoms with Crippen molar-refractivity contribution in [3.8, 4) is 11.3 Å². The van der Waals surface area contributed by atoms with Crippen molar-refractivity contribution >= 4 is 23.2 Å². The molecular weight excluding hydrogens is 288 g/mol. The molecule has 1 aromatic carbocycles. The van der Waals surface area contributed by atoms with Crippen molar-refractivity contribution in [1.82, 2.24) is 9.55 Å². The number of nitrogens with zero attached hydrogens (tertiary/aromatic N) is 2. The molecular formula is C16H15ClN2O2. The first-order valence-corrected chi connectivity index (χ1v) is 7.44. The van der Waals surface area contributed by atoms with E-state index >= 15 is 0 Å². The molecule has 108 valence electrons. The van der Waals surface area contributed by atoms with Gasteiger partial charge < -0.3 is 4.57 Å². The summed E-state index contributed by atoms with van der Waals surface area (Å²) < 4.78 is 1.79. The number of hydrogen-bond acceptors (Lipinski definition) is 3. The number of carbonyl (C=O) groups excluding carboxylic acids is 2. The number of halogens is 1. The van der Waals surface area contributed by atoms with Crippen molar-refractivity contribution in [1.29, 1.82) is 0 Å². The van der Waals surface area contributed by atoms with Crippen molar-refractivity contribution in [2.45, 2.75) is 26.3 Å². The van der Waals surface area contributed by atoms with Crippen LogP contribution >= 0.6 is 11.6 Å². The summed E-state index contributed by atoms with van der Waals surface area (Å²) >= 11 is 5.85. The van der Waals surface area contributed by atoms with Crippen LogP contribution in [0.4, 0.5) is 0 Å². The van der Waals surface area contributed by atoms with Gasteiger partial charge in [0, 0.05) is 29.5 Å². The molecule has 0 atom stereocenters. The smallest absolute Gasteiger partial charge is 0.252 e. The summed E-state index contributed by atoms with van der Waals surface area (Å²) in [5.74, 6) is 0.343. The molecule has 0 fully saturated rings. The Morgan fingerprint density at radius 3 is 2.43 bits per heavy atom. The Morgan fingerprint density at radius 1 is 1.14 bits per heavy atom. The summed E-state index contributed by atoms with van der Waals surface area (Å²) in [5.41, 5.74) is 2.14. The second-order valence-corrected chi connectivity index (χ2v) is 5.74. The molecule has 0 spiro atoms. The topological polar surface area (TPSA) is 52.0 Å². The second-order valence-electron chi connectivity index (χ2n) is 5.37. The lowest BCUT2D eigenvalue weighted by atomic mass is 9.90. The number of imidazole rings is 1. The summed E-state index contributed by atoms with van der Waals surface area (Å²) in [4.78, 5) is 29.4. The molecule has 1 heterocycles. The first kappa shape index (κ1) is 14.0. The van der Waals surface area contributed by atoms with Crippen LogP contribution in [-0.4, -0.2) is 27.0 Å². The highest BCUT2D eigenvalue weighted by molar-refractivity contribution is 6.52. The number of benzene rings is 1. The van der Waals surface area contributed by atoms with E-state index < -0.39 is 11.6 Å². The van der Waals surface area contributed by atoms with E-state index in [2.05, 4.69) is 4.98 Å². The molecule has 0 unspecified atom stereocenters. The van der Waals surface area contributed by atoms with Crippen molar-refractivity contribution in [2.75, 3.05) is 5.88 Å². The van der Waals surface area contributed by atoms with E-state index in [1.165, 1.54) is 0 Å². The highest BCUT2D eigenvalue weighted by Crippen LogP contribution is 2.35. The highest BCUT2D eigenvalue weighted by Gasteiger charge is 2.36.